The first kappa shape index (κ1) is 5.87. The van der Waals surface area contributed by atoms with Crippen molar-refractivity contribution >= 4 is 0 Å². The number of hydrogen-bond donors (Lipinski definition) is 0. The summed E-state index contributed by atoms with van der Waals surface area (Å²) in [6.07, 6.45) is 4.55. The predicted octanol–water partition coefficient (Wildman–Crippen LogP) is -0.720. The minimum Gasteiger partial charge on any atom is -0.231 e. The Balaban J connectivity index is 2.19. The van der Waals surface area contributed by atoms with E-state index in [9.17, 15) is 0 Å². The van der Waals surface area contributed by atoms with Gasteiger partial charge in [-0.1, -0.05) is 10.4 Å². The third-order valence-corrected chi connectivity index (χ3v) is 1.82. The zero-order chi connectivity index (χ0) is 7.97. The maximum Gasteiger partial charge on any atom is 0.136 e. The van der Waals surface area contributed by atoms with E-state index in [-0.39, 0.29) is 0 Å². The topological polar surface area (TPSA) is 61.4 Å². The Morgan fingerprint density at radius 2 is 1.58 bits per heavy atom. The molecule has 0 saturated carbocycles. The van der Waals surface area contributed by atoms with Gasteiger partial charge in [0.2, 0.25) is 0 Å². The van der Waals surface area contributed by atoms with E-state index in [4.69, 9.17) is 0 Å². The van der Waals surface area contributed by atoms with Gasteiger partial charge in [0, 0.05) is 6.42 Å². The highest BCUT2D eigenvalue weighted by molar-refractivity contribution is 5.08. The van der Waals surface area contributed by atoms with Crippen LogP contribution in [0.2, 0.25) is 0 Å². The molecule has 0 N–H and O–H groups in total. The Bertz CT molecular complexity index is 340. The van der Waals surface area contributed by atoms with Crippen LogP contribution < -0.4 is 0 Å². The van der Waals surface area contributed by atoms with Crippen molar-refractivity contribution < 1.29 is 0 Å². The summed E-state index contributed by atoms with van der Waals surface area (Å²) in [5.41, 5.74) is 1.89. The molecule has 12 heavy (non-hydrogen) atoms. The zero-order valence-electron chi connectivity index (χ0n) is 6.25. The smallest absolute Gasteiger partial charge is 0.136 e. The number of aromatic nitrogens is 6. The van der Waals surface area contributed by atoms with Crippen LogP contribution in [-0.2, 0) is 13.1 Å². The Morgan fingerprint density at radius 1 is 1.00 bits per heavy atom. The largest absolute Gasteiger partial charge is 0.231 e. The SMILES string of the molecule is c1c2nnn1Cn1cc(nn1)C2. The molecule has 0 unspecified atom stereocenters. The molecule has 0 radical (unpaired) electrons. The number of fused-ring (bicyclic) bond motifs is 4. The second-order valence-electron chi connectivity index (χ2n) is 2.82. The minimum absolute atomic E-state index is 0.597. The van der Waals surface area contributed by atoms with Gasteiger partial charge in [-0.15, -0.1) is 10.2 Å². The van der Waals surface area contributed by atoms with Crippen molar-refractivity contribution in [3.05, 3.63) is 23.8 Å². The van der Waals surface area contributed by atoms with Gasteiger partial charge in [-0.05, 0) is 0 Å². The molecule has 0 amide bonds. The van der Waals surface area contributed by atoms with Crippen LogP contribution in [0.3, 0.4) is 0 Å². The van der Waals surface area contributed by atoms with E-state index in [0.29, 0.717) is 6.67 Å². The molecule has 0 spiro atoms. The molecule has 0 aromatic carbocycles. The summed E-state index contributed by atoms with van der Waals surface area (Å²) in [6.45, 7) is 0.597. The van der Waals surface area contributed by atoms with Crippen molar-refractivity contribution in [2.45, 2.75) is 13.1 Å². The van der Waals surface area contributed by atoms with Crippen molar-refractivity contribution in [3.63, 3.8) is 0 Å². The quantitative estimate of drug-likeness (QED) is 0.437. The molecule has 60 valence electrons. The fraction of sp³-hybridized carbons (Fsp3) is 0.333. The first-order valence-corrected chi connectivity index (χ1v) is 3.68. The van der Waals surface area contributed by atoms with E-state index >= 15 is 0 Å². The van der Waals surface area contributed by atoms with Crippen LogP contribution in [-0.4, -0.2) is 30.0 Å². The second-order valence-corrected chi connectivity index (χ2v) is 2.82. The fourth-order valence-corrected chi connectivity index (χ4v) is 1.31. The molecule has 0 aliphatic carbocycles. The lowest BCUT2D eigenvalue weighted by atomic mass is 10.3. The van der Waals surface area contributed by atoms with Gasteiger partial charge in [-0.3, -0.25) is 0 Å². The summed E-state index contributed by atoms with van der Waals surface area (Å²) < 4.78 is 3.49. The van der Waals surface area contributed by atoms with Crippen molar-refractivity contribution in [2.75, 3.05) is 0 Å². The average Bonchev–Trinajstić information content (AvgIpc) is 2.61. The van der Waals surface area contributed by atoms with Crippen molar-refractivity contribution in [3.8, 4) is 0 Å². The van der Waals surface area contributed by atoms with Crippen LogP contribution in [0.5, 0.6) is 0 Å². The standard InChI is InChI=1S/C6H6N6/c1-5-2-11(9-7-5)4-12-3-6(1)8-10-12/h2-3H,1,4H2. The third kappa shape index (κ3) is 0.744. The highest BCUT2D eigenvalue weighted by atomic mass is 15.5. The maximum absolute atomic E-state index is 3.98. The second kappa shape index (κ2) is 1.90. The normalized spacial score (nSPS) is 14.0. The maximum atomic E-state index is 3.98. The molecule has 1 aliphatic rings. The van der Waals surface area contributed by atoms with E-state index in [1.807, 2.05) is 12.4 Å². The van der Waals surface area contributed by atoms with Crippen LogP contribution in [0.1, 0.15) is 11.4 Å². The van der Waals surface area contributed by atoms with Gasteiger partial charge >= 0.3 is 0 Å². The summed E-state index contributed by atoms with van der Waals surface area (Å²) in [7, 11) is 0. The van der Waals surface area contributed by atoms with Gasteiger partial charge in [-0.2, -0.15) is 0 Å². The molecule has 0 fully saturated rings. The first-order chi connectivity index (χ1) is 5.90. The highest BCUT2D eigenvalue weighted by Crippen LogP contribution is 2.05. The first-order valence-electron chi connectivity index (χ1n) is 3.68. The van der Waals surface area contributed by atoms with Crippen LogP contribution in [0.25, 0.3) is 0 Å². The molecule has 0 saturated heterocycles. The molecule has 6 heteroatoms. The van der Waals surface area contributed by atoms with Crippen LogP contribution in [0.15, 0.2) is 12.4 Å². The average molecular weight is 162 g/mol. The third-order valence-electron chi connectivity index (χ3n) is 1.82. The number of nitrogens with zero attached hydrogens (tertiary/aromatic N) is 6. The lowest BCUT2D eigenvalue weighted by Crippen LogP contribution is -2.09. The van der Waals surface area contributed by atoms with E-state index in [1.54, 1.807) is 9.36 Å². The predicted molar refractivity (Wildman–Crippen MR) is 38.2 cm³/mol. The summed E-state index contributed by atoms with van der Waals surface area (Å²) in [5, 5.41) is 15.8. The molecule has 0 atom stereocenters. The minimum atomic E-state index is 0.597. The lowest BCUT2D eigenvalue weighted by Gasteiger charge is -1.99. The molecule has 3 rings (SSSR count). The van der Waals surface area contributed by atoms with Gasteiger partial charge in [0.25, 0.3) is 0 Å². The van der Waals surface area contributed by atoms with Gasteiger partial charge in [0.15, 0.2) is 0 Å². The molecular formula is C6H6N6. The molecule has 6 nitrogen and oxygen atoms in total. The number of hydrogen-bond acceptors (Lipinski definition) is 4. The van der Waals surface area contributed by atoms with Gasteiger partial charge in [0.05, 0.1) is 23.8 Å². The van der Waals surface area contributed by atoms with E-state index < -0.39 is 0 Å². The number of rotatable bonds is 0. The van der Waals surface area contributed by atoms with Gasteiger partial charge < -0.3 is 0 Å². The van der Waals surface area contributed by atoms with Crippen molar-refractivity contribution in [1.29, 1.82) is 0 Å². The Hall–Kier alpha value is -1.72. The zero-order valence-corrected chi connectivity index (χ0v) is 6.25. The summed E-state index contributed by atoms with van der Waals surface area (Å²) in [5.74, 6) is 0. The Morgan fingerprint density at radius 3 is 2.17 bits per heavy atom. The lowest BCUT2D eigenvalue weighted by molar-refractivity contribution is 0.478. The van der Waals surface area contributed by atoms with Gasteiger partial charge in [0.1, 0.15) is 6.67 Å². The highest BCUT2D eigenvalue weighted by Gasteiger charge is 2.10. The monoisotopic (exact) mass is 162 g/mol. The Labute approximate surface area is 67.8 Å². The molecular weight excluding hydrogens is 156 g/mol. The van der Waals surface area contributed by atoms with E-state index in [0.717, 1.165) is 17.8 Å². The molecule has 3 heterocycles. The van der Waals surface area contributed by atoms with E-state index in [2.05, 4.69) is 20.6 Å². The van der Waals surface area contributed by atoms with Crippen LogP contribution in [0, 0.1) is 0 Å². The van der Waals surface area contributed by atoms with Crippen LogP contribution in [0.4, 0.5) is 0 Å². The summed E-state index contributed by atoms with van der Waals surface area (Å²) in [6, 6.07) is 0. The van der Waals surface area contributed by atoms with Crippen molar-refractivity contribution in [2.24, 2.45) is 0 Å². The van der Waals surface area contributed by atoms with Gasteiger partial charge in [-0.25, -0.2) is 9.36 Å². The summed E-state index contributed by atoms with van der Waals surface area (Å²) in [4.78, 5) is 0. The molecule has 4 bridgehead atoms. The summed E-state index contributed by atoms with van der Waals surface area (Å²) >= 11 is 0. The molecule has 2 aromatic rings. The molecule has 1 aliphatic heterocycles. The van der Waals surface area contributed by atoms with Crippen LogP contribution >= 0.6 is 0 Å². The Kier molecular flexibility index (Phi) is 0.931. The molecule has 2 aromatic heterocycles. The fourth-order valence-electron chi connectivity index (χ4n) is 1.31. The van der Waals surface area contributed by atoms with E-state index in [1.165, 1.54) is 0 Å². The van der Waals surface area contributed by atoms with Crippen molar-refractivity contribution in [1.82, 2.24) is 30.0 Å².